The summed E-state index contributed by atoms with van der Waals surface area (Å²) in [5.74, 6) is 0.687. The van der Waals surface area contributed by atoms with E-state index in [1.54, 1.807) is 0 Å². The zero-order chi connectivity index (χ0) is 19.2. The van der Waals surface area contributed by atoms with E-state index in [-0.39, 0.29) is 43.5 Å². The Morgan fingerprint density at radius 2 is 1.76 bits per heavy atom. The minimum Gasteiger partial charge on any atom is -0.462 e. The molecule has 0 bridgehead atoms. The van der Waals surface area contributed by atoms with Gasteiger partial charge in [-0.1, -0.05) is 39.3 Å². The number of esters is 1. The lowest BCUT2D eigenvalue weighted by molar-refractivity contribution is -0.142. The average Bonchev–Trinajstić information content (AvgIpc) is 2.67. The summed E-state index contributed by atoms with van der Waals surface area (Å²) in [6, 6.07) is 0. The van der Waals surface area contributed by atoms with E-state index in [1.165, 1.54) is 19.3 Å². The van der Waals surface area contributed by atoms with Gasteiger partial charge in [0, 0.05) is 18.1 Å². The molecule has 1 aliphatic carbocycles. The topological polar surface area (TPSA) is 104 Å². The molecule has 144 valence electrons. The first kappa shape index (κ1) is 23.5. The van der Waals surface area contributed by atoms with Crippen LogP contribution in [0.15, 0.2) is 24.3 Å². The molecule has 0 aromatic rings. The van der Waals surface area contributed by atoms with E-state index < -0.39 is 5.97 Å². The molecule has 1 aliphatic rings. The van der Waals surface area contributed by atoms with Gasteiger partial charge >= 0.3 is 5.97 Å². The van der Waals surface area contributed by atoms with Gasteiger partial charge in [-0.25, -0.2) is 4.79 Å². The fraction of sp³-hybridized carbons (Fsp3) is 0.684. The fourth-order valence-electron chi connectivity index (χ4n) is 2.79. The Labute approximate surface area is 150 Å². The van der Waals surface area contributed by atoms with Crippen molar-refractivity contribution in [2.24, 2.45) is 17.8 Å². The first-order valence-corrected chi connectivity index (χ1v) is 8.73. The van der Waals surface area contributed by atoms with E-state index in [4.69, 9.17) is 14.9 Å². The quantitative estimate of drug-likeness (QED) is 0.330. The van der Waals surface area contributed by atoms with Crippen molar-refractivity contribution < 1.29 is 29.6 Å². The molecule has 6 nitrogen and oxygen atoms in total. The lowest BCUT2D eigenvalue weighted by Crippen LogP contribution is -2.29. The van der Waals surface area contributed by atoms with E-state index >= 15 is 0 Å². The number of aliphatic hydroxyl groups excluding tert-OH is 3. The fourth-order valence-corrected chi connectivity index (χ4v) is 2.79. The normalized spacial score (nSPS) is 20.6. The Hall–Kier alpha value is -1.50. The highest BCUT2D eigenvalue weighted by Crippen LogP contribution is 2.34. The number of ether oxygens (including phenoxy) is 1. The second-order valence-corrected chi connectivity index (χ2v) is 6.43. The van der Waals surface area contributed by atoms with Gasteiger partial charge in [0.05, 0.1) is 25.4 Å². The lowest BCUT2D eigenvalue weighted by Gasteiger charge is -2.32. The summed E-state index contributed by atoms with van der Waals surface area (Å²) >= 11 is 0. The number of aliphatic hydroxyl groups is 3. The maximum Gasteiger partial charge on any atom is 0.335 e. The van der Waals surface area contributed by atoms with Crippen molar-refractivity contribution in [3.8, 4) is 0 Å². The summed E-state index contributed by atoms with van der Waals surface area (Å²) in [5, 5.41) is 26.2. The Morgan fingerprint density at radius 3 is 2.12 bits per heavy atom. The van der Waals surface area contributed by atoms with Crippen LogP contribution in [-0.2, 0) is 14.3 Å². The van der Waals surface area contributed by atoms with Crippen LogP contribution in [0, 0.1) is 17.8 Å². The van der Waals surface area contributed by atoms with Crippen LogP contribution in [0.4, 0.5) is 0 Å². The molecule has 0 saturated heterocycles. The molecule has 25 heavy (non-hydrogen) atoms. The van der Waals surface area contributed by atoms with Crippen LogP contribution >= 0.6 is 0 Å². The van der Waals surface area contributed by atoms with E-state index in [0.717, 1.165) is 18.8 Å². The van der Waals surface area contributed by atoms with E-state index in [0.29, 0.717) is 12.2 Å². The van der Waals surface area contributed by atoms with Crippen LogP contribution in [0.25, 0.3) is 0 Å². The third kappa shape index (κ3) is 9.53. The van der Waals surface area contributed by atoms with Gasteiger partial charge in [-0.15, -0.1) is 0 Å². The van der Waals surface area contributed by atoms with Gasteiger partial charge in [0.1, 0.15) is 6.29 Å². The van der Waals surface area contributed by atoms with Gasteiger partial charge in [0.25, 0.3) is 0 Å². The van der Waals surface area contributed by atoms with Crippen LogP contribution in [-0.4, -0.2) is 54.0 Å². The van der Waals surface area contributed by atoms with Gasteiger partial charge < -0.3 is 20.1 Å². The molecule has 6 heteroatoms. The molecule has 1 atom stereocenters. The second kappa shape index (κ2) is 13.8. The Balaban J connectivity index is 0.000000823. The minimum atomic E-state index is -0.566. The van der Waals surface area contributed by atoms with Crippen molar-refractivity contribution in [1.82, 2.24) is 0 Å². The van der Waals surface area contributed by atoms with E-state index in [2.05, 4.69) is 20.1 Å². The molecular weight excluding hydrogens is 324 g/mol. The maximum absolute atomic E-state index is 11.4. The summed E-state index contributed by atoms with van der Waals surface area (Å²) in [7, 11) is 0. The van der Waals surface area contributed by atoms with Crippen molar-refractivity contribution >= 4 is 12.3 Å². The zero-order valence-corrected chi connectivity index (χ0v) is 15.2. The molecule has 3 N–H and O–H groups in total. The SMILES string of the molecule is C=C(C=O)CO.C=C(CO)C(=O)OCC(CO)C1CCC(CC)CC1. The van der Waals surface area contributed by atoms with Crippen LogP contribution in [0.2, 0.25) is 0 Å². The molecule has 1 saturated carbocycles. The van der Waals surface area contributed by atoms with Crippen molar-refractivity contribution in [3.63, 3.8) is 0 Å². The van der Waals surface area contributed by atoms with Crippen LogP contribution < -0.4 is 0 Å². The molecule has 0 spiro atoms. The van der Waals surface area contributed by atoms with Crippen LogP contribution in [0.3, 0.4) is 0 Å². The molecule has 0 heterocycles. The second-order valence-electron chi connectivity index (χ2n) is 6.43. The summed E-state index contributed by atoms with van der Waals surface area (Å²) < 4.78 is 5.10. The standard InChI is InChI=1S/C15H26O4.C4H6O2/c1-3-12-4-6-13(7-5-12)14(9-17)10-19-15(18)11(2)8-16;1-4(2-5)3-6/h12-14,16-17H,2-10H2,1H3;2,6H,1,3H2. The van der Waals surface area contributed by atoms with Gasteiger partial charge in [-0.2, -0.15) is 0 Å². The number of aldehydes is 1. The highest BCUT2D eigenvalue weighted by Gasteiger charge is 2.27. The Kier molecular flexibility index (Phi) is 12.9. The third-order valence-electron chi connectivity index (χ3n) is 4.65. The molecule has 0 aromatic heterocycles. The van der Waals surface area contributed by atoms with Crippen molar-refractivity contribution in [3.05, 3.63) is 24.3 Å². The maximum atomic E-state index is 11.4. The third-order valence-corrected chi connectivity index (χ3v) is 4.65. The molecular formula is C19H32O6. The van der Waals surface area contributed by atoms with Gasteiger partial charge in [-0.3, -0.25) is 4.79 Å². The first-order valence-electron chi connectivity index (χ1n) is 8.73. The van der Waals surface area contributed by atoms with Gasteiger partial charge in [0.15, 0.2) is 0 Å². The largest absolute Gasteiger partial charge is 0.462 e. The first-order chi connectivity index (χ1) is 11.9. The molecule has 0 aromatic carbocycles. The summed E-state index contributed by atoms with van der Waals surface area (Å²) in [4.78, 5) is 20.9. The molecule has 1 rings (SSSR count). The zero-order valence-electron chi connectivity index (χ0n) is 15.2. The molecule has 1 unspecified atom stereocenters. The molecule has 1 fully saturated rings. The van der Waals surface area contributed by atoms with Crippen molar-refractivity contribution in [1.29, 1.82) is 0 Å². The summed E-state index contributed by atoms with van der Waals surface area (Å²) in [6.45, 7) is 8.46. The van der Waals surface area contributed by atoms with Crippen molar-refractivity contribution in [2.75, 3.05) is 26.4 Å². The predicted molar refractivity (Wildman–Crippen MR) is 95.8 cm³/mol. The number of carbonyl (C=O) groups excluding carboxylic acids is 2. The average molecular weight is 356 g/mol. The van der Waals surface area contributed by atoms with Crippen molar-refractivity contribution in [2.45, 2.75) is 39.0 Å². The molecule has 0 amide bonds. The number of rotatable bonds is 9. The van der Waals surface area contributed by atoms with Crippen LogP contribution in [0.1, 0.15) is 39.0 Å². The molecule has 0 aliphatic heterocycles. The van der Waals surface area contributed by atoms with E-state index in [9.17, 15) is 14.7 Å². The predicted octanol–water partition coefficient (Wildman–Crippen LogP) is 1.64. The Bertz CT molecular complexity index is 424. The monoisotopic (exact) mass is 356 g/mol. The van der Waals surface area contributed by atoms with Gasteiger partial charge in [0.2, 0.25) is 0 Å². The number of hydrogen-bond donors (Lipinski definition) is 3. The van der Waals surface area contributed by atoms with Crippen LogP contribution in [0.5, 0.6) is 0 Å². The summed E-state index contributed by atoms with van der Waals surface area (Å²) in [6.07, 6.45) is 6.36. The number of carbonyl (C=O) groups is 2. The number of hydrogen-bond acceptors (Lipinski definition) is 6. The lowest BCUT2D eigenvalue weighted by atomic mass is 9.75. The molecule has 0 radical (unpaired) electrons. The highest BCUT2D eigenvalue weighted by atomic mass is 16.5. The summed E-state index contributed by atoms with van der Waals surface area (Å²) in [5.41, 5.74) is 0.279. The van der Waals surface area contributed by atoms with E-state index in [1.807, 2.05) is 0 Å². The smallest absolute Gasteiger partial charge is 0.335 e. The minimum absolute atomic E-state index is 0.00764. The van der Waals surface area contributed by atoms with Gasteiger partial charge in [-0.05, 0) is 24.7 Å². The Morgan fingerprint density at radius 1 is 1.16 bits per heavy atom. The highest BCUT2D eigenvalue weighted by molar-refractivity contribution is 5.87.